The van der Waals surface area contributed by atoms with Crippen LogP contribution in [-0.2, 0) is 9.47 Å². The molecule has 1 aliphatic rings. The van der Waals surface area contributed by atoms with Crippen LogP contribution in [0.1, 0.15) is 13.3 Å². The number of anilines is 1. The molecular formula is C16H25N5O6. The van der Waals surface area contributed by atoms with Crippen LogP contribution in [-0.4, -0.2) is 90.8 Å². The van der Waals surface area contributed by atoms with Gasteiger partial charge in [0.05, 0.1) is 19.5 Å². The van der Waals surface area contributed by atoms with Crippen molar-refractivity contribution in [1.82, 2.24) is 19.9 Å². The zero-order valence-corrected chi connectivity index (χ0v) is 14.9. The van der Waals surface area contributed by atoms with E-state index in [1.807, 2.05) is 6.92 Å². The SMILES string of the molecule is C[C@@H](CCNc1ncnc2nc[nH]c12)CO[C@@H]1O[C@H](CO)[C@@H](O)[C@H](O)[C@H]1O. The van der Waals surface area contributed by atoms with Gasteiger partial charge in [-0.1, -0.05) is 6.92 Å². The summed E-state index contributed by atoms with van der Waals surface area (Å²) in [5.74, 6) is 0.781. The van der Waals surface area contributed by atoms with Crippen molar-refractivity contribution in [1.29, 1.82) is 0 Å². The molecule has 0 saturated carbocycles. The van der Waals surface area contributed by atoms with Crippen LogP contribution in [0.3, 0.4) is 0 Å². The van der Waals surface area contributed by atoms with E-state index in [1.165, 1.54) is 6.33 Å². The lowest BCUT2D eigenvalue weighted by molar-refractivity contribution is -0.303. The highest BCUT2D eigenvalue weighted by Gasteiger charge is 2.44. The van der Waals surface area contributed by atoms with E-state index in [2.05, 4.69) is 25.3 Å². The summed E-state index contributed by atoms with van der Waals surface area (Å²) in [6.45, 7) is 2.39. The Morgan fingerprint density at radius 3 is 2.81 bits per heavy atom. The van der Waals surface area contributed by atoms with Crippen molar-refractivity contribution in [2.24, 2.45) is 5.92 Å². The highest BCUT2D eigenvalue weighted by atomic mass is 16.7. The van der Waals surface area contributed by atoms with Gasteiger partial charge in [-0.15, -0.1) is 0 Å². The summed E-state index contributed by atoms with van der Waals surface area (Å²) >= 11 is 0. The van der Waals surface area contributed by atoms with Crippen molar-refractivity contribution in [3.63, 3.8) is 0 Å². The molecule has 6 atom stereocenters. The zero-order valence-electron chi connectivity index (χ0n) is 14.9. The van der Waals surface area contributed by atoms with E-state index in [-0.39, 0.29) is 12.5 Å². The summed E-state index contributed by atoms with van der Waals surface area (Å²) in [5.41, 5.74) is 1.33. The van der Waals surface area contributed by atoms with Gasteiger partial charge in [-0.25, -0.2) is 15.0 Å². The van der Waals surface area contributed by atoms with E-state index in [1.54, 1.807) is 6.33 Å². The van der Waals surface area contributed by atoms with E-state index in [0.717, 1.165) is 11.9 Å². The first-order valence-corrected chi connectivity index (χ1v) is 8.81. The third-order valence-corrected chi connectivity index (χ3v) is 4.55. The molecule has 3 heterocycles. The Morgan fingerprint density at radius 1 is 1.22 bits per heavy atom. The second-order valence-corrected chi connectivity index (χ2v) is 6.67. The van der Waals surface area contributed by atoms with Crippen LogP contribution < -0.4 is 5.32 Å². The van der Waals surface area contributed by atoms with Gasteiger partial charge in [0.15, 0.2) is 17.8 Å². The molecule has 1 fully saturated rings. The predicted octanol–water partition coefficient (Wildman–Crippen LogP) is -1.39. The summed E-state index contributed by atoms with van der Waals surface area (Å²) in [6.07, 6.45) is -2.55. The molecule has 0 unspecified atom stereocenters. The molecule has 0 amide bonds. The Morgan fingerprint density at radius 2 is 2.04 bits per heavy atom. The number of fused-ring (bicyclic) bond motifs is 1. The second-order valence-electron chi connectivity index (χ2n) is 6.67. The van der Waals surface area contributed by atoms with Crippen molar-refractivity contribution in [2.75, 3.05) is 25.1 Å². The van der Waals surface area contributed by atoms with Crippen molar-refractivity contribution in [3.05, 3.63) is 12.7 Å². The van der Waals surface area contributed by atoms with Gasteiger partial charge in [0, 0.05) is 6.54 Å². The number of hydrogen-bond acceptors (Lipinski definition) is 10. The fourth-order valence-electron chi connectivity index (χ4n) is 2.88. The Bertz CT molecular complexity index is 728. The molecule has 2 aromatic rings. The smallest absolute Gasteiger partial charge is 0.186 e. The maximum absolute atomic E-state index is 9.96. The van der Waals surface area contributed by atoms with Gasteiger partial charge in [0.25, 0.3) is 0 Å². The van der Waals surface area contributed by atoms with E-state index in [4.69, 9.17) is 9.47 Å². The van der Waals surface area contributed by atoms with Crippen LogP contribution in [0.25, 0.3) is 11.2 Å². The van der Waals surface area contributed by atoms with Crippen LogP contribution in [0.4, 0.5) is 5.82 Å². The van der Waals surface area contributed by atoms with E-state index in [9.17, 15) is 20.4 Å². The van der Waals surface area contributed by atoms with Gasteiger partial charge in [-0.2, -0.15) is 0 Å². The van der Waals surface area contributed by atoms with Crippen molar-refractivity contribution in [2.45, 2.75) is 44.1 Å². The third-order valence-electron chi connectivity index (χ3n) is 4.55. The largest absolute Gasteiger partial charge is 0.394 e. The lowest BCUT2D eigenvalue weighted by Gasteiger charge is -2.39. The quantitative estimate of drug-likeness (QED) is 0.319. The number of hydrogen-bond donors (Lipinski definition) is 6. The standard InChI is InChI=1S/C16H25N5O6/c1-8(2-3-17-14-10-15(19-6-18-10)21-7-20-14)5-26-16-13(25)12(24)11(23)9(4-22)27-16/h6-9,11-13,16,22-25H,2-5H2,1H3,(H2,17,18,19,20,21)/t8-,9+,11+,12-,13+,16+/m0/s1. The van der Waals surface area contributed by atoms with E-state index < -0.39 is 37.3 Å². The number of ether oxygens (including phenoxy) is 2. The number of aliphatic hydroxyl groups excluding tert-OH is 4. The lowest BCUT2D eigenvalue weighted by Crippen LogP contribution is -2.59. The van der Waals surface area contributed by atoms with Crippen LogP contribution in [0.5, 0.6) is 0 Å². The average molecular weight is 383 g/mol. The minimum Gasteiger partial charge on any atom is -0.394 e. The molecule has 27 heavy (non-hydrogen) atoms. The summed E-state index contributed by atoms with van der Waals surface area (Å²) in [7, 11) is 0. The zero-order chi connectivity index (χ0) is 19.4. The van der Waals surface area contributed by atoms with Crippen LogP contribution >= 0.6 is 0 Å². The first-order valence-electron chi connectivity index (χ1n) is 8.81. The van der Waals surface area contributed by atoms with Crippen LogP contribution in [0, 0.1) is 5.92 Å². The van der Waals surface area contributed by atoms with Crippen molar-refractivity contribution in [3.8, 4) is 0 Å². The summed E-state index contributed by atoms with van der Waals surface area (Å²) in [4.78, 5) is 15.3. The molecule has 1 aliphatic heterocycles. The Labute approximate surface area is 155 Å². The number of nitrogens with one attached hydrogen (secondary N) is 2. The fourth-order valence-corrected chi connectivity index (χ4v) is 2.88. The molecule has 2 aromatic heterocycles. The number of aromatic amines is 1. The highest BCUT2D eigenvalue weighted by molar-refractivity contribution is 5.81. The predicted molar refractivity (Wildman–Crippen MR) is 93.7 cm³/mol. The molecule has 3 rings (SSSR count). The van der Waals surface area contributed by atoms with Gasteiger partial charge in [-0.05, 0) is 12.3 Å². The Hall–Kier alpha value is -1.89. The molecule has 11 nitrogen and oxygen atoms in total. The molecule has 0 spiro atoms. The van der Waals surface area contributed by atoms with Crippen molar-refractivity contribution < 1.29 is 29.9 Å². The van der Waals surface area contributed by atoms with Gasteiger partial charge in [-0.3, -0.25) is 0 Å². The number of imidazole rings is 1. The monoisotopic (exact) mass is 383 g/mol. The molecule has 150 valence electrons. The summed E-state index contributed by atoms with van der Waals surface area (Å²) in [6, 6.07) is 0. The first kappa shape index (κ1) is 19.9. The van der Waals surface area contributed by atoms with E-state index in [0.29, 0.717) is 18.0 Å². The highest BCUT2D eigenvalue weighted by Crippen LogP contribution is 2.22. The van der Waals surface area contributed by atoms with Gasteiger partial charge in [0.2, 0.25) is 0 Å². The van der Waals surface area contributed by atoms with Gasteiger partial charge >= 0.3 is 0 Å². The number of rotatable bonds is 8. The first-order chi connectivity index (χ1) is 13.0. The Kier molecular flexibility index (Phi) is 6.52. The molecule has 1 saturated heterocycles. The summed E-state index contributed by atoms with van der Waals surface area (Å²) < 4.78 is 10.9. The average Bonchev–Trinajstić information content (AvgIpc) is 3.15. The van der Waals surface area contributed by atoms with Crippen LogP contribution in [0.15, 0.2) is 12.7 Å². The number of nitrogens with zero attached hydrogens (tertiary/aromatic N) is 3. The van der Waals surface area contributed by atoms with Gasteiger partial charge in [0.1, 0.15) is 36.3 Å². The third kappa shape index (κ3) is 4.51. The minimum absolute atomic E-state index is 0.115. The number of aliphatic hydroxyl groups is 4. The van der Waals surface area contributed by atoms with Crippen molar-refractivity contribution >= 4 is 17.0 Å². The lowest BCUT2D eigenvalue weighted by atomic mass is 9.99. The fraction of sp³-hybridized carbons (Fsp3) is 0.688. The molecule has 0 aromatic carbocycles. The second kappa shape index (κ2) is 8.87. The molecule has 0 radical (unpaired) electrons. The molecule has 0 aliphatic carbocycles. The minimum atomic E-state index is -1.44. The molecule has 6 N–H and O–H groups in total. The van der Waals surface area contributed by atoms with E-state index >= 15 is 0 Å². The number of H-pyrrole nitrogens is 1. The maximum atomic E-state index is 9.96. The normalized spacial score (nSPS) is 29.7. The maximum Gasteiger partial charge on any atom is 0.186 e. The van der Waals surface area contributed by atoms with Gasteiger partial charge < -0.3 is 40.2 Å². The Balaban J connectivity index is 1.44. The summed E-state index contributed by atoms with van der Waals surface area (Å²) in [5, 5.41) is 41.9. The molecule has 11 heteroatoms. The molecule has 0 bridgehead atoms. The topological polar surface area (TPSA) is 166 Å². The number of aromatic nitrogens is 4. The van der Waals surface area contributed by atoms with Crippen LogP contribution in [0.2, 0.25) is 0 Å². The molecular weight excluding hydrogens is 358 g/mol.